The first-order valence-corrected chi connectivity index (χ1v) is 10.1. The number of benzene rings is 2. The molecule has 0 radical (unpaired) electrons. The number of carbonyl (C=O) groups excluding carboxylic acids is 2. The molecule has 1 fully saturated rings. The van der Waals surface area contributed by atoms with Crippen LogP contribution in [0.25, 0.3) is 0 Å². The maximum Gasteiger partial charge on any atom is 0.326 e. The molecule has 1 heterocycles. The van der Waals surface area contributed by atoms with Crippen LogP contribution in [0, 0.1) is 0 Å². The smallest absolute Gasteiger partial charge is 0.326 e. The summed E-state index contributed by atoms with van der Waals surface area (Å²) in [6, 6.07) is 17.7. The first-order chi connectivity index (χ1) is 14.0. The highest BCUT2D eigenvalue weighted by Crippen LogP contribution is 2.36. The summed E-state index contributed by atoms with van der Waals surface area (Å²) >= 11 is 4.34. The second kappa shape index (κ2) is 9.60. The Balaban J connectivity index is 1.63. The minimum absolute atomic E-state index is 0.252. The monoisotopic (exact) mass is 412 g/mol. The Hall–Kier alpha value is -2.80. The van der Waals surface area contributed by atoms with Crippen LogP contribution in [-0.4, -0.2) is 45.6 Å². The minimum Gasteiger partial charge on any atom is -0.480 e. The zero-order valence-corrected chi connectivity index (χ0v) is 16.8. The second-order valence-corrected chi connectivity index (χ2v) is 7.71. The molecule has 0 aromatic heterocycles. The van der Waals surface area contributed by atoms with Crippen LogP contribution < -0.4 is 5.32 Å². The molecular weight excluding hydrogens is 388 g/mol. The van der Waals surface area contributed by atoms with Gasteiger partial charge in [-0.1, -0.05) is 60.7 Å². The number of amides is 2. The van der Waals surface area contributed by atoms with Crippen molar-refractivity contribution in [3.8, 4) is 0 Å². The molecule has 2 aromatic rings. The lowest BCUT2D eigenvalue weighted by Crippen LogP contribution is -2.47. The number of likely N-dealkylation sites (tertiary alicyclic amines) is 1. The number of carboxylic acid groups (broad SMARTS) is 1. The van der Waals surface area contributed by atoms with E-state index in [1.807, 2.05) is 60.7 Å². The summed E-state index contributed by atoms with van der Waals surface area (Å²) in [5, 5.41) is 11.6. The lowest BCUT2D eigenvalue weighted by Gasteiger charge is -2.29. The maximum atomic E-state index is 12.9. The van der Waals surface area contributed by atoms with Gasteiger partial charge < -0.3 is 15.3 Å². The van der Waals surface area contributed by atoms with E-state index < -0.39 is 23.2 Å². The number of aliphatic carboxylic acids is 1. The van der Waals surface area contributed by atoms with E-state index >= 15 is 0 Å². The Morgan fingerprint density at radius 1 is 1.03 bits per heavy atom. The average Bonchev–Trinajstić information content (AvgIpc) is 3.18. The first kappa shape index (κ1) is 20.9. The molecule has 1 saturated heterocycles. The summed E-state index contributed by atoms with van der Waals surface area (Å²) in [6.07, 6.45) is 1.40. The lowest BCUT2D eigenvalue weighted by atomic mass is 10.0. The van der Waals surface area contributed by atoms with Crippen molar-refractivity contribution >= 4 is 30.4 Å². The van der Waals surface area contributed by atoms with Crippen LogP contribution in [0.4, 0.5) is 0 Å². The molecule has 0 spiro atoms. The standard InChI is InChI=1S/C22H24N2O4S/c25-20(14-23-21(26)19(29)13-15-7-3-1-4-8-15)24-17(11-12-18(24)22(27)28)16-9-5-2-6-10-16/h1-10,17-19,29H,11-14H2,(H,23,26)(H,27,28)/t17-,18+,19+/m1/s1. The zero-order valence-electron chi connectivity index (χ0n) is 15.9. The molecule has 2 aromatic carbocycles. The van der Waals surface area contributed by atoms with Crippen molar-refractivity contribution in [2.45, 2.75) is 36.6 Å². The van der Waals surface area contributed by atoms with Gasteiger partial charge in [-0.15, -0.1) is 0 Å². The van der Waals surface area contributed by atoms with Gasteiger partial charge in [-0.3, -0.25) is 9.59 Å². The number of hydrogen-bond donors (Lipinski definition) is 3. The molecule has 3 rings (SSSR count). The highest BCUT2D eigenvalue weighted by molar-refractivity contribution is 7.81. The van der Waals surface area contributed by atoms with Crippen LogP contribution in [0.3, 0.4) is 0 Å². The fourth-order valence-corrected chi connectivity index (χ4v) is 4.01. The second-order valence-electron chi connectivity index (χ2n) is 7.08. The predicted molar refractivity (Wildman–Crippen MR) is 113 cm³/mol. The van der Waals surface area contributed by atoms with Crippen LogP contribution in [0.15, 0.2) is 60.7 Å². The zero-order chi connectivity index (χ0) is 20.8. The molecule has 0 bridgehead atoms. The Labute approximate surface area is 175 Å². The van der Waals surface area contributed by atoms with Crippen LogP contribution in [0.5, 0.6) is 0 Å². The van der Waals surface area contributed by atoms with Gasteiger partial charge in [0.2, 0.25) is 11.8 Å². The van der Waals surface area contributed by atoms with Crippen molar-refractivity contribution in [3.63, 3.8) is 0 Å². The molecule has 1 aliphatic heterocycles. The molecule has 0 saturated carbocycles. The number of hydrogen-bond acceptors (Lipinski definition) is 4. The third kappa shape index (κ3) is 5.17. The lowest BCUT2D eigenvalue weighted by molar-refractivity contribution is -0.149. The molecule has 152 valence electrons. The van der Waals surface area contributed by atoms with Gasteiger partial charge in [0.25, 0.3) is 0 Å². The minimum atomic E-state index is -1.03. The van der Waals surface area contributed by atoms with Crippen LogP contribution in [-0.2, 0) is 20.8 Å². The number of rotatable bonds is 7. The molecule has 0 unspecified atom stereocenters. The Bertz CT molecular complexity index is 860. The molecule has 3 atom stereocenters. The van der Waals surface area contributed by atoms with Crippen LogP contribution in [0.1, 0.15) is 30.0 Å². The fraction of sp³-hybridized carbons (Fsp3) is 0.318. The van der Waals surface area contributed by atoms with Crippen molar-refractivity contribution in [1.29, 1.82) is 0 Å². The number of nitrogens with one attached hydrogen (secondary N) is 1. The van der Waals surface area contributed by atoms with E-state index in [1.54, 1.807) is 0 Å². The van der Waals surface area contributed by atoms with Crippen molar-refractivity contribution in [3.05, 3.63) is 71.8 Å². The number of carboxylic acids is 1. The van der Waals surface area contributed by atoms with E-state index in [-0.39, 0.29) is 18.5 Å². The topological polar surface area (TPSA) is 86.7 Å². The van der Waals surface area contributed by atoms with E-state index in [2.05, 4.69) is 17.9 Å². The summed E-state index contributed by atoms with van der Waals surface area (Å²) in [6.45, 7) is -0.252. The average molecular weight is 413 g/mol. The van der Waals surface area contributed by atoms with E-state index in [0.29, 0.717) is 19.3 Å². The van der Waals surface area contributed by atoms with Crippen LogP contribution in [0.2, 0.25) is 0 Å². The third-order valence-electron chi connectivity index (χ3n) is 5.13. The highest BCUT2D eigenvalue weighted by Gasteiger charge is 2.41. The van der Waals surface area contributed by atoms with Gasteiger partial charge in [-0.2, -0.15) is 12.6 Å². The van der Waals surface area contributed by atoms with E-state index in [0.717, 1.165) is 11.1 Å². The van der Waals surface area contributed by atoms with Crippen molar-refractivity contribution in [2.24, 2.45) is 0 Å². The van der Waals surface area contributed by atoms with E-state index in [4.69, 9.17) is 0 Å². The van der Waals surface area contributed by atoms with Gasteiger partial charge in [0.05, 0.1) is 17.8 Å². The van der Waals surface area contributed by atoms with Crippen molar-refractivity contribution < 1.29 is 19.5 Å². The molecule has 0 aliphatic carbocycles. The van der Waals surface area contributed by atoms with Gasteiger partial charge in [0.1, 0.15) is 6.04 Å². The Kier molecular flexibility index (Phi) is 6.93. The molecule has 6 nitrogen and oxygen atoms in total. The summed E-state index contributed by atoms with van der Waals surface area (Å²) in [5.74, 6) is -1.79. The van der Waals surface area contributed by atoms with Gasteiger partial charge >= 0.3 is 5.97 Å². The van der Waals surface area contributed by atoms with Gasteiger partial charge in [0, 0.05) is 0 Å². The van der Waals surface area contributed by atoms with E-state index in [9.17, 15) is 19.5 Å². The van der Waals surface area contributed by atoms with Gasteiger partial charge in [0.15, 0.2) is 0 Å². The largest absolute Gasteiger partial charge is 0.480 e. The number of carbonyl (C=O) groups is 3. The predicted octanol–water partition coefficient (Wildman–Crippen LogP) is 2.46. The van der Waals surface area contributed by atoms with E-state index in [1.165, 1.54) is 4.90 Å². The fourth-order valence-electron chi connectivity index (χ4n) is 3.71. The van der Waals surface area contributed by atoms with Gasteiger partial charge in [-0.05, 0) is 30.4 Å². The molecule has 29 heavy (non-hydrogen) atoms. The quantitative estimate of drug-likeness (QED) is 0.610. The number of thiol groups is 1. The summed E-state index contributed by atoms with van der Waals surface area (Å²) in [4.78, 5) is 38.3. The molecule has 2 N–H and O–H groups in total. The van der Waals surface area contributed by atoms with Crippen molar-refractivity contribution in [2.75, 3.05) is 6.54 Å². The van der Waals surface area contributed by atoms with Gasteiger partial charge in [-0.25, -0.2) is 4.79 Å². The summed E-state index contributed by atoms with van der Waals surface area (Å²) in [5.41, 5.74) is 1.87. The Morgan fingerprint density at radius 2 is 1.66 bits per heavy atom. The maximum absolute atomic E-state index is 12.9. The SMILES string of the molecule is O=C(NCC(=O)N1[C@@H](c2ccccc2)CC[C@H]1C(=O)O)[C@@H](S)Cc1ccccc1. The third-order valence-corrected chi connectivity index (χ3v) is 5.55. The van der Waals surface area contributed by atoms with Crippen molar-refractivity contribution in [1.82, 2.24) is 10.2 Å². The first-order valence-electron chi connectivity index (χ1n) is 9.56. The Morgan fingerprint density at radius 3 is 2.28 bits per heavy atom. The molecular formula is C22H24N2O4S. The van der Waals surface area contributed by atoms with Crippen LogP contribution >= 0.6 is 12.6 Å². The highest BCUT2D eigenvalue weighted by atomic mass is 32.1. The summed E-state index contributed by atoms with van der Waals surface area (Å²) < 4.78 is 0. The molecule has 7 heteroatoms. The summed E-state index contributed by atoms with van der Waals surface area (Å²) in [7, 11) is 0. The normalized spacial score (nSPS) is 19.6. The molecule has 2 amide bonds. The molecule has 1 aliphatic rings. The number of nitrogens with zero attached hydrogens (tertiary/aromatic N) is 1.